The Bertz CT molecular complexity index is 740. The van der Waals surface area contributed by atoms with E-state index < -0.39 is 0 Å². The first kappa shape index (κ1) is 13.2. The van der Waals surface area contributed by atoms with Gasteiger partial charge in [-0.15, -0.1) is 0 Å². The Labute approximate surface area is 122 Å². The summed E-state index contributed by atoms with van der Waals surface area (Å²) in [5.74, 6) is 0.804. The summed E-state index contributed by atoms with van der Waals surface area (Å²) in [6, 6.07) is 17.9. The molecule has 3 rings (SSSR count). The monoisotopic (exact) mass is 279 g/mol. The van der Waals surface area contributed by atoms with E-state index in [1.54, 1.807) is 18.2 Å². The van der Waals surface area contributed by atoms with Gasteiger partial charge >= 0.3 is 0 Å². The molecule has 1 aromatic heterocycles. The van der Waals surface area contributed by atoms with Crippen LogP contribution < -0.4 is 5.73 Å². The molecule has 104 valence electrons. The normalized spacial score (nSPS) is 10.5. The van der Waals surface area contributed by atoms with Crippen LogP contribution >= 0.6 is 0 Å². The largest absolute Gasteiger partial charge is 0.384 e. The number of hydrogen-bond donors (Lipinski definition) is 1. The Hall–Kier alpha value is -2.75. The summed E-state index contributed by atoms with van der Waals surface area (Å²) in [4.78, 5) is 8.79. The van der Waals surface area contributed by atoms with Gasteiger partial charge in [-0.05, 0) is 17.7 Å². The van der Waals surface area contributed by atoms with Crippen molar-refractivity contribution in [2.45, 2.75) is 6.42 Å². The molecule has 2 aromatic carbocycles. The SMILES string of the molecule is Nc1cc(-c2ccccc2)nc(Cc2ccc(F)cc2)n1. The van der Waals surface area contributed by atoms with Gasteiger partial charge in [0.15, 0.2) is 0 Å². The van der Waals surface area contributed by atoms with Crippen LogP contribution in [-0.4, -0.2) is 9.97 Å². The summed E-state index contributed by atoms with van der Waals surface area (Å²) >= 11 is 0. The number of rotatable bonds is 3. The second kappa shape index (κ2) is 5.71. The Kier molecular flexibility index (Phi) is 3.60. The quantitative estimate of drug-likeness (QED) is 0.798. The van der Waals surface area contributed by atoms with Crippen molar-refractivity contribution in [3.05, 3.63) is 77.9 Å². The van der Waals surface area contributed by atoms with Gasteiger partial charge in [-0.2, -0.15) is 0 Å². The van der Waals surface area contributed by atoms with E-state index >= 15 is 0 Å². The van der Waals surface area contributed by atoms with Crippen LogP contribution in [0.25, 0.3) is 11.3 Å². The van der Waals surface area contributed by atoms with Gasteiger partial charge in [0.2, 0.25) is 0 Å². The second-order valence-corrected chi connectivity index (χ2v) is 4.76. The molecule has 0 radical (unpaired) electrons. The average Bonchev–Trinajstić information content (AvgIpc) is 2.50. The summed E-state index contributed by atoms with van der Waals surface area (Å²) in [6.07, 6.45) is 0.519. The molecule has 0 bridgehead atoms. The van der Waals surface area contributed by atoms with E-state index in [4.69, 9.17) is 5.73 Å². The summed E-state index contributed by atoms with van der Waals surface area (Å²) < 4.78 is 12.9. The molecule has 2 N–H and O–H groups in total. The highest BCUT2D eigenvalue weighted by Crippen LogP contribution is 2.19. The highest BCUT2D eigenvalue weighted by atomic mass is 19.1. The fraction of sp³-hybridized carbons (Fsp3) is 0.0588. The highest BCUT2D eigenvalue weighted by Gasteiger charge is 2.06. The maximum absolute atomic E-state index is 12.9. The number of halogens is 1. The van der Waals surface area contributed by atoms with Crippen LogP contribution in [0, 0.1) is 5.82 Å². The first-order valence-electron chi connectivity index (χ1n) is 6.64. The molecule has 21 heavy (non-hydrogen) atoms. The van der Waals surface area contributed by atoms with E-state index in [1.165, 1.54) is 12.1 Å². The standard InChI is InChI=1S/C17H14FN3/c18-14-8-6-12(7-9-14)10-17-20-15(11-16(19)21-17)13-4-2-1-3-5-13/h1-9,11H,10H2,(H2,19,20,21). The molecule has 4 heteroatoms. The van der Waals surface area contributed by atoms with Crippen molar-refractivity contribution >= 4 is 5.82 Å². The van der Waals surface area contributed by atoms with Crippen molar-refractivity contribution in [1.82, 2.24) is 9.97 Å². The molecule has 0 atom stereocenters. The van der Waals surface area contributed by atoms with Crippen LogP contribution in [0.5, 0.6) is 0 Å². The maximum atomic E-state index is 12.9. The Morgan fingerprint density at radius 1 is 0.905 bits per heavy atom. The van der Waals surface area contributed by atoms with Crippen molar-refractivity contribution in [2.75, 3.05) is 5.73 Å². The van der Waals surface area contributed by atoms with E-state index in [0.717, 1.165) is 16.8 Å². The van der Waals surface area contributed by atoms with E-state index in [1.807, 2.05) is 30.3 Å². The van der Waals surface area contributed by atoms with Gasteiger partial charge < -0.3 is 5.73 Å². The first-order chi connectivity index (χ1) is 10.2. The number of anilines is 1. The maximum Gasteiger partial charge on any atom is 0.135 e. The number of nitrogen functional groups attached to an aromatic ring is 1. The minimum absolute atomic E-state index is 0.253. The van der Waals surface area contributed by atoms with Crippen LogP contribution in [0.4, 0.5) is 10.2 Å². The van der Waals surface area contributed by atoms with Crippen LogP contribution in [0.3, 0.4) is 0 Å². The molecule has 0 amide bonds. The fourth-order valence-electron chi connectivity index (χ4n) is 2.14. The van der Waals surface area contributed by atoms with Gasteiger partial charge in [-0.3, -0.25) is 0 Å². The Morgan fingerprint density at radius 2 is 1.62 bits per heavy atom. The Morgan fingerprint density at radius 3 is 2.33 bits per heavy atom. The van der Waals surface area contributed by atoms with Crippen LogP contribution in [0.2, 0.25) is 0 Å². The number of benzene rings is 2. The minimum atomic E-state index is -0.253. The molecular formula is C17H14FN3. The van der Waals surface area contributed by atoms with E-state index in [-0.39, 0.29) is 5.82 Å². The van der Waals surface area contributed by atoms with Crippen LogP contribution in [-0.2, 0) is 6.42 Å². The fourth-order valence-corrected chi connectivity index (χ4v) is 2.14. The third-order valence-corrected chi connectivity index (χ3v) is 3.14. The van der Waals surface area contributed by atoms with Crippen molar-refractivity contribution in [1.29, 1.82) is 0 Å². The molecule has 3 aromatic rings. The molecule has 3 nitrogen and oxygen atoms in total. The Balaban J connectivity index is 1.93. The third-order valence-electron chi connectivity index (χ3n) is 3.14. The van der Waals surface area contributed by atoms with Crippen LogP contribution in [0.1, 0.15) is 11.4 Å². The van der Waals surface area contributed by atoms with Gasteiger partial charge in [0.1, 0.15) is 17.5 Å². The van der Waals surface area contributed by atoms with Crippen molar-refractivity contribution in [2.24, 2.45) is 0 Å². The molecule has 0 unspecified atom stereocenters. The summed E-state index contributed by atoms with van der Waals surface area (Å²) in [5, 5.41) is 0. The predicted octanol–water partition coefficient (Wildman–Crippen LogP) is 3.46. The number of aromatic nitrogens is 2. The zero-order valence-corrected chi connectivity index (χ0v) is 11.3. The van der Waals surface area contributed by atoms with Gasteiger partial charge in [-0.25, -0.2) is 14.4 Å². The summed E-state index contributed by atoms with van der Waals surface area (Å²) in [5.41, 5.74) is 8.59. The molecular weight excluding hydrogens is 265 g/mol. The molecule has 0 spiro atoms. The lowest BCUT2D eigenvalue weighted by Crippen LogP contribution is -2.02. The molecule has 0 fully saturated rings. The first-order valence-corrected chi connectivity index (χ1v) is 6.64. The zero-order chi connectivity index (χ0) is 14.7. The topological polar surface area (TPSA) is 51.8 Å². The third kappa shape index (κ3) is 3.23. The van der Waals surface area contributed by atoms with Gasteiger partial charge in [-0.1, -0.05) is 42.5 Å². The van der Waals surface area contributed by atoms with Crippen molar-refractivity contribution < 1.29 is 4.39 Å². The number of nitrogens with zero attached hydrogens (tertiary/aromatic N) is 2. The van der Waals surface area contributed by atoms with Crippen molar-refractivity contribution in [3.8, 4) is 11.3 Å². The van der Waals surface area contributed by atoms with E-state index in [2.05, 4.69) is 9.97 Å². The smallest absolute Gasteiger partial charge is 0.135 e. The van der Waals surface area contributed by atoms with Gasteiger partial charge in [0, 0.05) is 18.1 Å². The number of hydrogen-bond acceptors (Lipinski definition) is 3. The molecule has 0 aliphatic rings. The van der Waals surface area contributed by atoms with E-state index in [9.17, 15) is 4.39 Å². The molecule has 0 saturated heterocycles. The van der Waals surface area contributed by atoms with E-state index in [0.29, 0.717) is 18.1 Å². The molecule has 0 aliphatic heterocycles. The summed E-state index contributed by atoms with van der Waals surface area (Å²) in [7, 11) is 0. The highest BCUT2D eigenvalue weighted by molar-refractivity contribution is 5.61. The minimum Gasteiger partial charge on any atom is -0.384 e. The molecule has 1 heterocycles. The van der Waals surface area contributed by atoms with Crippen molar-refractivity contribution in [3.63, 3.8) is 0 Å². The van der Waals surface area contributed by atoms with Gasteiger partial charge in [0.25, 0.3) is 0 Å². The predicted molar refractivity (Wildman–Crippen MR) is 81.1 cm³/mol. The second-order valence-electron chi connectivity index (χ2n) is 4.76. The lowest BCUT2D eigenvalue weighted by Gasteiger charge is -2.06. The zero-order valence-electron chi connectivity index (χ0n) is 11.3. The lowest BCUT2D eigenvalue weighted by molar-refractivity contribution is 0.627. The summed E-state index contributed by atoms with van der Waals surface area (Å²) in [6.45, 7) is 0. The lowest BCUT2D eigenvalue weighted by atomic mass is 10.1. The van der Waals surface area contributed by atoms with Gasteiger partial charge in [0.05, 0.1) is 5.69 Å². The van der Waals surface area contributed by atoms with Crippen LogP contribution in [0.15, 0.2) is 60.7 Å². The average molecular weight is 279 g/mol. The number of nitrogens with two attached hydrogens (primary N) is 1. The molecule has 0 saturated carbocycles. The molecule has 0 aliphatic carbocycles.